The Morgan fingerprint density at radius 3 is 2.31 bits per heavy atom. The van der Waals surface area contributed by atoms with Gasteiger partial charge in [0.15, 0.2) is 0 Å². The third kappa shape index (κ3) is 5.95. The lowest BCUT2D eigenvalue weighted by molar-refractivity contribution is -0.104. The molecule has 5 rings (SSSR count). The first-order valence-corrected chi connectivity index (χ1v) is 12.0. The molecule has 1 saturated carbocycles. The van der Waals surface area contributed by atoms with Crippen LogP contribution in [-0.2, 0) is 4.79 Å². The van der Waals surface area contributed by atoms with E-state index in [9.17, 15) is 0 Å². The monoisotopic (exact) mass is 484 g/mol. The zero-order chi connectivity index (χ0) is 25.5. The van der Waals surface area contributed by atoms with Crippen molar-refractivity contribution in [3.05, 3.63) is 84.7 Å². The number of hydrogen-bond donors (Lipinski definition) is 3. The molecule has 2 aromatic carbocycles. The molecule has 36 heavy (non-hydrogen) atoms. The van der Waals surface area contributed by atoms with E-state index in [1.54, 1.807) is 0 Å². The SMILES string of the molecule is C=CC=O.CN1CC2CC(Nc3ncnc(N)c3C(=N)c3ccc(Oc4ccccc4)cc3)CC2C1. The van der Waals surface area contributed by atoms with Crippen molar-refractivity contribution in [2.24, 2.45) is 11.8 Å². The average Bonchev–Trinajstić information content (AvgIpc) is 3.41. The molecule has 2 heterocycles. The van der Waals surface area contributed by atoms with Crippen LogP contribution in [0.1, 0.15) is 24.0 Å². The molecule has 4 N–H and O–H groups in total. The van der Waals surface area contributed by atoms with Crippen molar-refractivity contribution in [1.29, 1.82) is 5.41 Å². The lowest BCUT2D eigenvalue weighted by Gasteiger charge is -2.19. The molecule has 1 aliphatic carbocycles. The summed E-state index contributed by atoms with van der Waals surface area (Å²) in [6.07, 6.45) is 5.54. The number of nitrogens with two attached hydrogens (primary N) is 1. The Hall–Kier alpha value is -4.04. The number of anilines is 2. The molecule has 1 aromatic heterocycles. The first-order chi connectivity index (χ1) is 17.5. The molecular weight excluding hydrogens is 452 g/mol. The number of rotatable bonds is 7. The third-order valence-corrected chi connectivity index (χ3v) is 6.62. The second kappa shape index (κ2) is 11.6. The Morgan fingerprint density at radius 1 is 1.08 bits per heavy atom. The highest BCUT2D eigenvalue weighted by Crippen LogP contribution is 2.39. The highest BCUT2D eigenvalue weighted by molar-refractivity contribution is 6.16. The molecule has 0 bridgehead atoms. The van der Waals surface area contributed by atoms with Gasteiger partial charge in [0.2, 0.25) is 0 Å². The van der Waals surface area contributed by atoms with Gasteiger partial charge in [-0.15, -0.1) is 0 Å². The molecule has 8 nitrogen and oxygen atoms in total. The molecule has 3 aromatic rings. The number of carbonyl (C=O) groups excluding carboxylic acids is 1. The standard InChI is InChI=1S/C25H28N6O.C3H4O/c1-31-13-17-11-19(12-18(17)14-31)30-25-22(24(27)28-15-29-25)23(26)16-7-9-21(10-8-16)32-20-5-3-2-4-6-20;1-2-3-4/h2-10,15,17-19,26H,11-14H2,1H3,(H3,27,28,29,30);2-3H,1H2. The molecule has 1 aliphatic heterocycles. The number of fused-ring (bicyclic) bond motifs is 1. The van der Waals surface area contributed by atoms with Crippen LogP contribution in [0.15, 0.2) is 73.6 Å². The Morgan fingerprint density at radius 2 is 1.69 bits per heavy atom. The first kappa shape index (κ1) is 25.1. The fourth-order valence-electron chi connectivity index (χ4n) is 5.06. The number of nitrogens with one attached hydrogen (secondary N) is 2. The molecule has 8 heteroatoms. The highest BCUT2D eigenvalue weighted by Gasteiger charge is 2.40. The number of aromatic nitrogens is 2. The lowest BCUT2D eigenvalue weighted by atomic mass is 10.0. The number of allylic oxidation sites excluding steroid dienone is 1. The minimum atomic E-state index is 0.301. The van der Waals surface area contributed by atoms with E-state index < -0.39 is 0 Å². The van der Waals surface area contributed by atoms with Gasteiger partial charge in [0, 0.05) is 24.7 Å². The predicted octanol–water partition coefficient (Wildman–Crippen LogP) is 4.39. The number of para-hydroxylation sites is 1. The van der Waals surface area contributed by atoms with Gasteiger partial charge in [0.05, 0.1) is 11.3 Å². The average molecular weight is 485 g/mol. The van der Waals surface area contributed by atoms with E-state index in [2.05, 4.69) is 33.8 Å². The number of likely N-dealkylation sites (tertiary alicyclic amines) is 1. The van der Waals surface area contributed by atoms with Crippen LogP contribution >= 0.6 is 0 Å². The summed E-state index contributed by atoms with van der Waals surface area (Å²) in [5.74, 6) is 3.91. The van der Waals surface area contributed by atoms with Gasteiger partial charge in [-0.3, -0.25) is 10.2 Å². The molecule has 0 amide bonds. The summed E-state index contributed by atoms with van der Waals surface area (Å²) in [6, 6.07) is 17.4. The minimum Gasteiger partial charge on any atom is -0.457 e. The van der Waals surface area contributed by atoms with E-state index in [0.29, 0.717) is 41.0 Å². The van der Waals surface area contributed by atoms with Crippen molar-refractivity contribution >= 4 is 23.6 Å². The van der Waals surface area contributed by atoms with E-state index >= 15 is 0 Å². The van der Waals surface area contributed by atoms with Gasteiger partial charge in [-0.1, -0.05) is 24.8 Å². The van der Waals surface area contributed by atoms with Gasteiger partial charge in [0.1, 0.15) is 35.7 Å². The van der Waals surface area contributed by atoms with E-state index in [1.807, 2.05) is 54.6 Å². The summed E-state index contributed by atoms with van der Waals surface area (Å²) in [5.41, 5.74) is 7.80. The number of nitrogens with zero attached hydrogens (tertiary/aromatic N) is 3. The van der Waals surface area contributed by atoms with E-state index in [4.69, 9.17) is 20.7 Å². The maximum atomic E-state index is 9.06. The summed E-state index contributed by atoms with van der Waals surface area (Å²) < 4.78 is 5.86. The molecule has 2 fully saturated rings. The van der Waals surface area contributed by atoms with Gasteiger partial charge in [-0.2, -0.15) is 0 Å². The summed E-state index contributed by atoms with van der Waals surface area (Å²) in [4.78, 5) is 20.1. The van der Waals surface area contributed by atoms with Gasteiger partial charge in [-0.25, -0.2) is 9.97 Å². The van der Waals surface area contributed by atoms with Crippen molar-refractivity contribution in [2.75, 3.05) is 31.2 Å². The van der Waals surface area contributed by atoms with Crippen molar-refractivity contribution in [2.45, 2.75) is 18.9 Å². The quantitative estimate of drug-likeness (QED) is 0.259. The van der Waals surface area contributed by atoms with Gasteiger partial charge >= 0.3 is 0 Å². The van der Waals surface area contributed by atoms with Crippen LogP contribution in [-0.4, -0.2) is 53.0 Å². The predicted molar refractivity (Wildman–Crippen MR) is 143 cm³/mol. The number of ether oxygens (including phenoxy) is 1. The normalized spacial score (nSPS) is 20.5. The second-order valence-electron chi connectivity index (χ2n) is 9.22. The summed E-state index contributed by atoms with van der Waals surface area (Å²) in [5, 5.41) is 12.4. The Kier molecular flexibility index (Phi) is 8.07. The third-order valence-electron chi connectivity index (χ3n) is 6.62. The number of nitrogen functional groups attached to an aromatic ring is 1. The highest BCUT2D eigenvalue weighted by atomic mass is 16.5. The Labute approximate surface area is 211 Å². The zero-order valence-corrected chi connectivity index (χ0v) is 20.4. The van der Waals surface area contributed by atoms with Crippen molar-refractivity contribution in [3.63, 3.8) is 0 Å². The minimum absolute atomic E-state index is 0.301. The van der Waals surface area contributed by atoms with Crippen LogP contribution in [0.4, 0.5) is 11.6 Å². The molecule has 0 radical (unpaired) electrons. The zero-order valence-electron chi connectivity index (χ0n) is 20.4. The fourth-order valence-corrected chi connectivity index (χ4v) is 5.06. The lowest BCUT2D eigenvalue weighted by Crippen LogP contribution is -2.24. The molecule has 2 atom stereocenters. The smallest absolute Gasteiger partial charge is 0.142 e. The van der Waals surface area contributed by atoms with Crippen molar-refractivity contribution in [1.82, 2.24) is 14.9 Å². The number of aldehydes is 1. The maximum Gasteiger partial charge on any atom is 0.142 e. The Balaban J connectivity index is 0.000000709. The topological polar surface area (TPSA) is 117 Å². The van der Waals surface area contributed by atoms with Crippen LogP contribution in [0.2, 0.25) is 0 Å². The van der Waals surface area contributed by atoms with Crippen LogP contribution in [0.5, 0.6) is 11.5 Å². The largest absolute Gasteiger partial charge is 0.457 e. The molecule has 2 unspecified atom stereocenters. The molecule has 186 valence electrons. The summed E-state index contributed by atoms with van der Waals surface area (Å²) in [6.45, 7) is 5.43. The van der Waals surface area contributed by atoms with E-state index in [0.717, 1.165) is 49.1 Å². The van der Waals surface area contributed by atoms with Crippen molar-refractivity contribution < 1.29 is 9.53 Å². The number of benzene rings is 2. The summed E-state index contributed by atoms with van der Waals surface area (Å²) >= 11 is 0. The van der Waals surface area contributed by atoms with Crippen molar-refractivity contribution in [3.8, 4) is 11.5 Å². The van der Waals surface area contributed by atoms with Crippen LogP contribution in [0.3, 0.4) is 0 Å². The Bertz CT molecular complexity index is 1180. The molecular formula is C28H32N6O2. The van der Waals surface area contributed by atoms with Gasteiger partial charge < -0.3 is 20.7 Å². The van der Waals surface area contributed by atoms with E-state index in [1.165, 1.54) is 12.4 Å². The van der Waals surface area contributed by atoms with Crippen LogP contribution in [0.25, 0.3) is 0 Å². The van der Waals surface area contributed by atoms with Gasteiger partial charge in [-0.05, 0) is 74.2 Å². The fraction of sp³-hybridized carbons (Fsp3) is 0.286. The molecule has 1 saturated heterocycles. The maximum absolute atomic E-state index is 9.06. The number of hydrogen-bond acceptors (Lipinski definition) is 8. The molecule has 2 aliphatic rings. The molecule has 0 spiro atoms. The first-order valence-electron chi connectivity index (χ1n) is 12.0. The van der Waals surface area contributed by atoms with Crippen LogP contribution < -0.4 is 15.8 Å². The van der Waals surface area contributed by atoms with Crippen LogP contribution in [0, 0.1) is 17.2 Å². The van der Waals surface area contributed by atoms with E-state index in [-0.39, 0.29) is 0 Å². The second-order valence-corrected chi connectivity index (χ2v) is 9.22. The summed E-state index contributed by atoms with van der Waals surface area (Å²) in [7, 11) is 2.20. The van der Waals surface area contributed by atoms with Gasteiger partial charge in [0.25, 0.3) is 0 Å². The number of carbonyl (C=O) groups is 1.